The summed E-state index contributed by atoms with van der Waals surface area (Å²) in [5, 5.41) is 4.88. The van der Waals surface area contributed by atoms with E-state index in [2.05, 4.69) is 16.4 Å². The molecular formula is C14H17ClN2O. The molecule has 0 amide bonds. The van der Waals surface area contributed by atoms with Crippen molar-refractivity contribution in [3.8, 4) is 5.75 Å². The molecule has 0 unspecified atom stereocenters. The number of hydrogen-bond acceptors (Lipinski definition) is 3. The van der Waals surface area contributed by atoms with Gasteiger partial charge in [0.25, 0.3) is 0 Å². The number of likely N-dealkylation sites (N-methyl/N-ethyl adjacent to an activating group) is 1. The van der Waals surface area contributed by atoms with Crippen LogP contribution < -0.4 is 10.1 Å². The summed E-state index contributed by atoms with van der Waals surface area (Å²) in [5.41, 5.74) is 2.98. The third kappa shape index (κ3) is 2.42. The molecule has 0 atom stereocenters. The summed E-state index contributed by atoms with van der Waals surface area (Å²) in [5.74, 6) is 0.729. The highest BCUT2D eigenvalue weighted by Gasteiger charge is 2.10. The Kier molecular flexibility index (Phi) is 4.04. The Morgan fingerprint density at radius 2 is 2.17 bits per heavy atom. The Morgan fingerprint density at radius 1 is 1.39 bits per heavy atom. The number of aryl methyl sites for hydroxylation is 1. The summed E-state index contributed by atoms with van der Waals surface area (Å²) < 4.78 is 5.36. The molecule has 0 radical (unpaired) electrons. The van der Waals surface area contributed by atoms with Crippen LogP contribution in [0.5, 0.6) is 5.75 Å². The van der Waals surface area contributed by atoms with E-state index in [1.807, 2.05) is 26.1 Å². The summed E-state index contributed by atoms with van der Waals surface area (Å²) in [7, 11) is 3.58. The molecule has 1 aromatic heterocycles. The Labute approximate surface area is 112 Å². The summed E-state index contributed by atoms with van der Waals surface area (Å²) in [6.07, 6.45) is 0.900. The number of methoxy groups -OCH3 is 1. The molecule has 0 aliphatic heterocycles. The molecule has 0 fully saturated rings. The van der Waals surface area contributed by atoms with Crippen LogP contribution in [0, 0.1) is 6.92 Å². The fourth-order valence-electron chi connectivity index (χ4n) is 1.96. The molecule has 1 heterocycles. The third-order valence-corrected chi connectivity index (χ3v) is 3.45. The van der Waals surface area contributed by atoms with Gasteiger partial charge in [-0.05, 0) is 25.6 Å². The van der Waals surface area contributed by atoms with Crippen molar-refractivity contribution < 1.29 is 4.74 Å². The quantitative estimate of drug-likeness (QED) is 0.922. The van der Waals surface area contributed by atoms with Crippen molar-refractivity contribution in [2.24, 2.45) is 0 Å². The lowest BCUT2D eigenvalue weighted by atomic mass is 10.1. The van der Waals surface area contributed by atoms with Gasteiger partial charge in [-0.15, -0.1) is 0 Å². The molecule has 2 aromatic rings. The first-order valence-corrected chi connectivity index (χ1v) is 6.32. The molecule has 0 spiro atoms. The number of rotatable bonds is 4. The molecule has 96 valence electrons. The van der Waals surface area contributed by atoms with Crippen molar-refractivity contribution in [1.29, 1.82) is 0 Å². The molecular weight excluding hydrogens is 248 g/mol. The summed E-state index contributed by atoms with van der Waals surface area (Å²) in [6, 6.07) is 5.94. The van der Waals surface area contributed by atoms with Crippen LogP contribution >= 0.6 is 11.6 Å². The fraction of sp³-hybridized carbons (Fsp3) is 0.357. The maximum absolute atomic E-state index is 6.18. The topological polar surface area (TPSA) is 34.1 Å². The number of benzene rings is 1. The van der Waals surface area contributed by atoms with Crippen molar-refractivity contribution in [2.45, 2.75) is 13.3 Å². The van der Waals surface area contributed by atoms with Gasteiger partial charge >= 0.3 is 0 Å². The highest BCUT2D eigenvalue weighted by molar-refractivity contribution is 6.32. The fourth-order valence-corrected chi connectivity index (χ4v) is 2.16. The van der Waals surface area contributed by atoms with Crippen LogP contribution in [0.3, 0.4) is 0 Å². The lowest BCUT2D eigenvalue weighted by Crippen LogP contribution is -2.11. The molecule has 0 aliphatic rings. The number of halogens is 1. The molecule has 4 heteroatoms. The van der Waals surface area contributed by atoms with E-state index in [1.54, 1.807) is 7.11 Å². The Hall–Kier alpha value is -1.32. The third-order valence-electron chi connectivity index (χ3n) is 3.06. The average Bonchev–Trinajstić information content (AvgIpc) is 2.40. The smallest absolute Gasteiger partial charge is 0.146 e. The van der Waals surface area contributed by atoms with Crippen molar-refractivity contribution >= 4 is 22.5 Å². The second kappa shape index (κ2) is 5.55. The van der Waals surface area contributed by atoms with Crippen molar-refractivity contribution in [1.82, 2.24) is 10.3 Å². The molecule has 1 aromatic carbocycles. The SMILES string of the molecule is CNCCc1ccc2c(C)c(Cl)cc(OC)c2n1. The van der Waals surface area contributed by atoms with Crippen LogP contribution in [0.25, 0.3) is 10.9 Å². The van der Waals surface area contributed by atoms with Gasteiger partial charge < -0.3 is 10.1 Å². The minimum Gasteiger partial charge on any atom is -0.494 e. The van der Waals surface area contributed by atoms with Crippen LogP contribution in [0.15, 0.2) is 18.2 Å². The molecule has 2 rings (SSSR count). The van der Waals surface area contributed by atoms with E-state index in [0.717, 1.165) is 40.9 Å². The lowest BCUT2D eigenvalue weighted by Gasteiger charge is -2.10. The van der Waals surface area contributed by atoms with E-state index >= 15 is 0 Å². The minimum atomic E-state index is 0.712. The van der Waals surface area contributed by atoms with Gasteiger partial charge in [0.05, 0.1) is 7.11 Å². The molecule has 0 aliphatic carbocycles. The van der Waals surface area contributed by atoms with Gasteiger partial charge in [-0.3, -0.25) is 0 Å². The molecule has 0 saturated carbocycles. The highest BCUT2D eigenvalue weighted by Crippen LogP contribution is 2.32. The Bertz CT molecular complexity index is 569. The predicted molar refractivity (Wildman–Crippen MR) is 75.7 cm³/mol. The molecule has 0 bridgehead atoms. The van der Waals surface area contributed by atoms with E-state index in [0.29, 0.717) is 5.02 Å². The zero-order valence-corrected chi connectivity index (χ0v) is 11.6. The number of nitrogens with zero attached hydrogens (tertiary/aromatic N) is 1. The van der Waals surface area contributed by atoms with E-state index < -0.39 is 0 Å². The number of nitrogens with one attached hydrogen (secondary N) is 1. The molecule has 0 saturated heterocycles. The largest absolute Gasteiger partial charge is 0.494 e. The van der Waals surface area contributed by atoms with E-state index in [-0.39, 0.29) is 0 Å². The molecule has 18 heavy (non-hydrogen) atoms. The first kappa shape index (κ1) is 13.1. The van der Waals surface area contributed by atoms with Crippen molar-refractivity contribution in [3.63, 3.8) is 0 Å². The van der Waals surface area contributed by atoms with Crippen molar-refractivity contribution in [2.75, 3.05) is 20.7 Å². The second-order valence-electron chi connectivity index (χ2n) is 4.24. The van der Waals surface area contributed by atoms with Crippen LogP contribution in [0.1, 0.15) is 11.3 Å². The maximum atomic E-state index is 6.18. The van der Waals surface area contributed by atoms with Crippen LogP contribution in [-0.2, 0) is 6.42 Å². The summed E-state index contributed by atoms with van der Waals surface area (Å²) in [4.78, 5) is 4.66. The highest BCUT2D eigenvalue weighted by atomic mass is 35.5. The van der Waals surface area contributed by atoms with Gasteiger partial charge in [-0.1, -0.05) is 17.7 Å². The van der Waals surface area contributed by atoms with Crippen molar-refractivity contribution in [3.05, 3.63) is 34.5 Å². The van der Waals surface area contributed by atoms with Gasteiger partial charge in [0.15, 0.2) is 0 Å². The Balaban J connectivity index is 2.57. The normalized spacial score (nSPS) is 10.9. The van der Waals surface area contributed by atoms with Gasteiger partial charge in [-0.25, -0.2) is 4.98 Å². The van der Waals surface area contributed by atoms with Crippen LogP contribution in [0.2, 0.25) is 5.02 Å². The molecule has 3 nitrogen and oxygen atoms in total. The number of hydrogen-bond donors (Lipinski definition) is 1. The summed E-state index contributed by atoms with van der Waals surface area (Å²) in [6.45, 7) is 2.91. The van der Waals surface area contributed by atoms with E-state index in [9.17, 15) is 0 Å². The van der Waals surface area contributed by atoms with E-state index in [4.69, 9.17) is 16.3 Å². The second-order valence-corrected chi connectivity index (χ2v) is 4.65. The lowest BCUT2D eigenvalue weighted by molar-refractivity contribution is 0.418. The first-order valence-electron chi connectivity index (χ1n) is 5.94. The molecule has 1 N–H and O–H groups in total. The number of ether oxygens (including phenoxy) is 1. The van der Waals surface area contributed by atoms with E-state index in [1.165, 1.54) is 0 Å². The number of fused-ring (bicyclic) bond motifs is 1. The average molecular weight is 265 g/mol. The monoisotopic (exact) mass is 264 g/mol. The first-order chi connectivity index (χ1) is 8.67. The Morgan fingerprint density at radius 3 is 2.83 bits per heavy atom. The van der Waals surface area contributed by atoms with Gasteiger partial charge in [0.1, 0.15) is 11.3 Å². The number of pyridine rings is 1. The van der Waals surface area contributed by atoms with Crippen LogP contribution in [0.4, 0.5) is 0 Å². The minimum absolute atomic E-state index is 0.712. The van der Waals surface area contributed by atoms with Gasteiger partial charge in [-0.2, -0.15) is 0 Å². The zero-order valence-electron chi connectivity index (χ0n) is 10.9. The standard InChI is InChI=1S/C14H17ClN2O/c1-9-11-5-4-10(6-7-16-2)17-14(11)13(18-3)8-12(9)15/h4-5,8,16H,6-7H2,1-3H3. The van der Waals surface area contributed by atoms with Gasteiger partial charge in [0.2, 0.25) is 0 Å². The number of aromatic nitrogens is 1. The van der Waals surface area contributed by atoms with Crippen LogP contribution in [-0.4, -0.2) is 25.7 Å². The zero-order chi connectivity index (χ0) is 13.1. The predicted octanol–water partition coefficient (Wildman–Crippen LogP) is 2.97. The van der Waals surface area contributed by atoms with Gasteiger partial charge in [0, 0.05) is 35.1 Å². The summed E-state index contributed by atoms with van der Waals surface area (Å²) >= 11 is 6.18. The maximum Gasteiger partial charge on any atom is 0.146 e.